The number of hydrogen-bond acceptors (Lipinski definition) is 2. The predicted octanol–water partition coefficient (Wildman–Crippen LogP) is 3.75. The average Bonchev–Trinajstić information content (AvgIpc) is 2.86. The summed E-state index contributed by atoms with van der Waals surface area (Å²) in [4.78, 5) is 11.2. The van der Waals surface area contributed by atoms with Gasteiger partial charge in [-0.2, -0.15) is 0 Å². The van der Waals surface area contributed by atoms with Crippen molar-refractivity contribution in [3.05, 3.63) is 52.0 Å². The lowest BCUT2D eigenvalue weighted by Crippen LogP contribution is -2.39. The molecule has 0 radical (unpaired) electrons. The largest absolute Gasteiger partial charge is 0.357 e. The standard InChI is InChI=1S/C18H26BrN5.HI/c1-5-20-18(21-9-8-15-7-6-14(2)22-11-15)24(4)13-17-10-16(19)12-23(17)3;/h6-7,10-12H,5,8-9,13H2,1-4H3,(H,20,21);1H. The van der Waals surface area contributed by atoms with Crippen LogP contribution in [0.4, 0.5) is 0 Å². The number of nitrogens with zero attached hydrogens (tertiary/aromatic N) is 4. The van der Waals surface area contributed by atoms with E-state index in [0.29, 0.717) is 0 Å². The Kier molecular flexibility index (Phi) is 9.48. The van der Waals surface area contributed by atoms with Gasteiger partial charge < -0.3 is 14.8 Å². The Bertz CT molecular complexity index is 681. The Morgan fingerprint density at radius 3 is 2.72 bits per heavy atom. The van der Waals surface area contributed by atoms with Crippen LogP contribution in [-0.2, 0) is 20.0 Å². The lowest BCUT2D eigenvalue weighted by atomic mass is 10.2. The van der Waals surface area contributed by atoms with Crippen LogP contribution in [0.5, 0.6) is 0 Å². The maximum absolute atomic E-state index is 4.75. The zero-order valence-corrected chi connectivity index (χ0v) is 19.2. The molecule has 0 spiro atoms. The molecule has 0 saturated heterocycles. The topological polar surface area (TPSA) is 45.5 Å². The van der Waals surface area contributed by atoms with Crippen molar-refractivity contribution < 1.29 is 0 Å². The van der Waals surface area contributed by atoms with Gasteiger partial charge in [0.05, 0.1) is 6.54 Å². The van der Waals surface area contributed by atoms with Gasteiger partial charge >= 0.3 is 0 Å². The number of rotatable bonds is 6. The Balaban J connectivity index is 0.00000312. The molecule has 2 heterocycles. The molecule has 0 bridgehead atoms. The van der Waals surface area contributed by atoms with Crippen molar-refractivity contribution in [2.45, 2.75) is 26.8 Å². The van der Waals surface area contributed by atoms with Crippen molar-refractivity contribution in [3.8, 4) is 0 Å². The van der Waals surface area contributed by atoms with E-state index in [0.717, 1.165) is 42.2 Å². The second-order valence-electron chi connectivity index (χ2n) is 5.91. The molecule has 0 unspecified atom stereocenters. The van der Waals surface area contributed by atoms with E-state index >= 15 is 0 Å². The third-order valence-electron chi connectivity index (χ3n) is 3.80. The van der Waals surface area contributed by atoms with Gasteiger partial charge in [0.1, 0.15) is 0 Å². The molecule has 2 aromatic rings. The summed E-state index contributed by atoms with van der Waals surface area (Å²) in [7, 11) is 4.12. The van der Waals surface area contributed by atoms with Crippen molar-refractivity contribution in [1.82, 2.24) is 19.8 Å². The molecule has 7 heteroatoms. The van der Waals surface area contributed by atoms with Gasteiger partial charge in [-0.3, -0.25) is 9.98 Å². The van der Waals surface area contributed by atoms with Crippen molar-refractivity contribution in [2.24, 2.45) is 12.0 Å². The van der Waals surface area contributed by atoms with E-state index < -0.39 is 0 Å². The first-order valence-electron chi connectivity index (χ1n) is 8.21. The zero-order chi connectivity index (χ0) is 17.5. The molecular weight excluding hydrogens is 493 g/mol. The highest BCUT2D eigenvalue weighted by Gasteiger charge is 2.09. The van der Waals surface area contributed by atoms with E-state index in [1.54, 1.807) is 0 Å². The number of hydrogen-bond donors (Lipinski definition) is 1. The molecule has 0 atom stereocenters. The van der Waals surface area contributed by atoms with Crippen LogP contribution in [0.25, 0.3) is 0 Å². The van der Waals surface area contributed by atoms with Crippen molar-refractivity contribution in [3.63, 3.8) is 0 Å². The summed E-state index contributed by atoms with van der Waals surface area (Å²) in [5.74, 6) is 0.926. The molecule has 5 nitrogen and oxygen atoms in total. The third-order valence-corrected chi connectivity index (χ3v) is 4.24. The average molecular weight is 520 g/mol. The van der Waals surface area contributed by atoms with E-state index in [2.05, 4.69) is 75.0 Å². The fourth-order valence-corrected chi connectivity index (χ4v) is 3.02. The lowest BCUT2D eigenvalue weighted by molar-refractivity contribution is 0.462. The molecule has 0 aromatic carbocycles. The molecular formula is C18H27BrIN5. The summed E-state index contributed by atoms with van der Waals surface area (Å²) in [6.45, 7) is 6.49. The minimum atomic E-state index is 0. The number of aliphatic imine (C=N–C) groups is 1. The van der Waals surface area contributed by atoms with Gasteiger partial charge in [0.2, 0.25) is 0 Å². The normalized spacial score (nSPS) is 11.2. The van der Waals surface area contributed by atoms with Gasteiger partial charge in [0.25, 0.3) is 0 Å². The maximum Gasteiger partial charge on any atom is 0.194 e. The zero-order valence-electron chi connectivity index (χ0n) is 15.3. The number of nitrogens with one attached hydrogen (secondary N) is 1. The third kappa shape index (κ3) is 6.97. The van der Waals surface area contributed by atoms with Crippen LogP contribution < -0.4 is 5.32 Å². The van der Waals surface area contributed by atoms with E-state index in [1.807, 2.05) is 19.2 Å². The molecule has 0 fully saturated rings. The SMILES string of the molecule is CCNC(=NCCc1ccc(C)nc1)N(C)Cc1cc(Br)cn1C.I. The van der Waals surface area contributed by atoms with E-state index in [9.17, 15) is 0 Å². The number of guanidine groups is 1. The van der Waals surface area contributed by atoms with Gasteiger partial charge in [-0.15, -0.1) is 24.0 Å². The van der Waals surface area contributed by atoms with Crippen LogP contribution >= 0.6 is 39.9 Å². The molecule has 0 aliphatic rings. The Hall–Kier alpha value is -1.09. The summed E-state index contributed by atoms with van der Waals surface area (Å²) in [5.41, 5.74) is 3.50. The van der Waals surface area contributed by atoms with Gasteiger partial charge in [-0.05, 0) is 53.9 Å². The quantitative estimate of drug-likeness (QED) is 0.359. The minimum absolute atomic E-state index is 0. The lowest BCUT2D eigenvalue weighted by Gasteiger charge is -2.22. The van der Waals surface area contributed by atoms with Gasteiger partial charge in [0.15, 0.2) is 5.96 Å². The number of pyridine rings is 1. The maximum atomic E-state index is 4.75. The van der Waals surface area contributed by atoms with Gasteiger partial charge in [-0.1, -0.05) is 6.07 Å². The summed E-state index contributed by atoms with van der Waals surface area (Å²) < 4.78 is 3.23. The highest BCUT2D eigenvalue weighted by molar-refractivity contribution is 14.0. The minimum Gasteiger partial charge on any atom is -0.357 e. The van der Waals surface area contributed by atoms with E-state index in [-0.39, 0.29) is 24.0 Å². The first-order chi connectivity index (χ1) is 11.5. The molecule has 2 rings (SSSR count). The molecule has 25 heavy (non-hydrogen) atoms. The van der Waals surface area contributed by atoms with E-state index in [1.165, 1.54) is 11.3 Å². The Morgan fingerprint density at radius 1 is 1.40 bits per heavy atom. The van der Waals surface area contributed by atoms with Crippen molar-refractivity contribution in [1.29, 1.82) is 0 Å². The Morgan fingerprint density at radius 2 is 2.16 bits per heavy atom. The molecule has 138 valence electrons. The second-order valence-corrected chi connectivity index (χ2v) is 6.83. The summed E-state index contributed by atoms with van der Waals surface area (Å²) in [5, 5.41) is 3.36. The molecule has 2 aromatic heterocycles. The fraction of sp³-hybridized carbons (Fsp3) is 0.444. The first-order valence-corrected chi connectivity index (χ1v) is 9.00. The summed E-state index contributed by atoms with van der Waals surface area (Å²) >= 11 is 3.52. The monoisotopic (exact) mass is 519 g/mol. The number of halogens is 2. The van der Waals surface area contributed by atoms with Crippen molar-refractivity contribution >= 4 is 45.9 Å². The first kappa shape index (κ1) is 22.0. The molecule has 0 aliphatic carbocycles. The van der Waals surface area contributed by atoms with Crippen LogP contribution in [0.15, 0.2) is 40.1 Å². The van der Waals surface area contributed by atoms with Gasteiger partial charge in [-0.25, -0.2) is 0 Å². The van der Waals surface area contributed by atoms with Crippen LogP contribution in [0.2, 0.25) is 0 Å². The molecule has 0 amide bonds. The van der Waals surface area contributed by atoms with Crippen LogP contribution in [0.3, 0.4) is 0 Å². The Labute approximate surface area is 176 Å². The van der Waals surface area contributed by atoms with E-state index in [4.69, 9.17) is 4.99 Å². The smallest absolute Gasteiger partial charge is 0.194 e. The van der Waals surface area contributed by atoms with Crippen LogP contribution in [0, 0.1) is 6.92 Å². The molecule has 1 N–H and O–H groups in total. The van der Waals surface area contributed by atoms with Crippen LogP contribution in [0.1, 0.15) is 23.9 Å². The summed E-state index contributed by atoms with van der Waals surface area (Å²) in [6.07, 6.45) is 4.90. The predicted molar refractivity (Wildman–Crippen MR) is 119 cm³/mol. The number of aromatic nitrogens is 2. The summed E-state index contributed by atoms with van der Waals surface area (Å²) in [6, 6.07) is 6.30. The second kappa shape index (κ2) is 10.8. The highest BCUT2D eigenvalue weighted by atomic mass is 127. The van der Waals surface area contributed by atoms with Crippen LogP contribution in [-0.4, -0.2) is 40.5 Å². The number of aryl methyl sites for hydroxylation is 2. The molecule has 0 saturated carbocycles. The van der Waals surface area contributed by atoms with Gasteiger partial charge in [0, 0.05) is 55.4 Å². The molecule has 0 aliphatic heterocycles. The van der Waals surface area contributed by atoms with Crippen molar-refractivity contribution in [2.75, 3.05) is 20.1 Å². The fourth-order valence-electron chi connectivity index (χ4n) is 2.45. The highest BCUT2D eigenvalue weighted by Crippen LogP contribution is 2.15.